The number of ether oxygens (including phenoxy) is 1. The second-order valence-electron chi connectivity index (χ2n) is 5.58. The van der Waals surface area contributed by atoms with Crippen LogP contribution in [-0.2, 0) is 22.7 Å². The lowest BCUT2D eigenvalue weighted by Crippen LogP contribution is -2.32. The number of carbonyl (C=O) groups is 2. The fourth-order valence-corrected chi connectivity index (χ4v) is 2.52. The molecule has 8 heteroatoms. The van der Waals surface area contributed by atoms with Crippen molar-refractivity contribution in [1.82, 2.24) is 14.5 Å². The Bertz CT molecular complexity index is 1020. The number of carbonyl (C=O) groups excluding carboxylic acids is 2. The van der Waals surface area contributed by atoms with Gasteiger partial charge in [0, 0.05) is 18.0 Å². The van der Waals surface area contributed by atoms with E-state index in [9.17, 15) is 14.4 Å². The number of esters is 1. The first kappa shape index (κ1) is 18.0. The molecule has 2 aromatic heterocycles. The van der Waals surface area contributed by atoms with Crippen LogP contribution in [0, 0.1) is 0 Å². The van der Waals surface area contributed by atoms with Crippen molar-refractivity contribution < 1.29 is 14.3 Å². The molecule has 0 saturated carbocycles. The van der Waals surface area contributed by atoms with E-state index in [4.69, 9.17) is 10.5 Å². The first-order valence-corrected chi connectivity index (χ1v) is 8.07. The van der Waals surface area contributed by atoms with E-state index in [1.807, 2.05) is 6.07 Å². The Morgan fingerprint density at radius 2 is 1.96 bits per heavy atom. The maximum Gasteiger partial charge on any atom is 0.347 e. The number of benzene rings is 1. The number of nitrogen functional groups attached to an aromatic ring is 1. The highest BCUT2D eigenvalue weighted by Crippen LogP contribution is 2.18. The Balaban J connectivity index is 1.98. The molecule has 0 spiro atoms. The van der Waals surface area contributed by atoms with Crippen molar-refractivity contribution in [2.45, 2.75) is 13.2 Å². The molecule has 0 unspecified atom stereocenters. The van der Waals surface area contributed by atoms with E-state index >= 15 is 0 Å². The molecule has 0 aliphatic rings. The summed E-state index contributed by atoms with van der Waals surface area (Å²) in [5, 5.41) is 0. The molecular weight excluding hydrogens is 348 g/mol. The van der Waals surface area contributed by atoms with E-state index in [1.165, 1.54) is 6.20 Å². The van der Waals surface area contributed by atoms with Gasteiger partial charge in [-0.2, -0.15) is 0 Å². The number of nitrogens with zero attached hydrogens (tertiary/aromatic N) is 3. The van der Waals surface area contributed by atoms with Crippen molar-refractivity contribution in [3.63, 3.8) is 0 Å². The number of aromatic nitrogens is 3. The first-order chi connectivity index (χ1) is 13.1. The van der Waals surface area contributed by atoms with Crippen molar-refractivity contribution in [2.75, 3.05) is 5.73 Å². The van der Waals surface area contributed by atoms with Crippen LogP contribution in [0.2, 0.25) is 0 Å². The Labute approximate surface area is 154 Å². The number of hydrogen-bond donors (Lipinski definition) is 1. The van der Waals surface area contributed by atoms with Crippen molar-refractivity contribution in [3.8, 4) is 11.4 Å². The van der Waals surface area contributed by atoms with E-state index in [1.54, 1.807) is 42.6 Å². The molecule has 0 aliphatic carbocycles. The number of anilines is 1. The van der Waals surface area contributed by atoms with E-state index in [-0.39, 0.29) is 24.8 Å². The van der Waals surface area contributed by atoms with Crippen LogP contribution in [-0.4, -0.2) is 26.8 Å². The van der Waals surface area contributed by atoms with Gasteiger partial charge < -0.3 is 15.3 Å². The number of pyridine rings is 1. The third-order valence-corrected chi connectivity index (χ3v) is 3.79. The Hall–Kier alpha value is -3.81. The van der Waals surface area contributed by atoms with Crippen molar-refractivity contribution in [1.29, 1.82) is 0 Å². The molecular formula is C19H16N4O4. The maximum absolute atomic E-state index is 12.8. The van der Waals surface area contributed by atoms with E-state index < -0.39 is 17.1 Å². The topological polar surface area (TPSA) is 117 Å². The van der Waals surface area contributed by atoms with Crippen molar-refractivity contribution >= 4 is 18.1 Å². The second-order valence-corrected chi connectivity index (χ2v) is 5.58. The van der Waals surface area contributed by atoms with Crippen LogP contribution >= 0.6 is 0 Å². The van der Waals surface area contributed by atoms with Gasteiger partial charge in [-0.25, -0.2) is 9.78 Å². The smallest absolute Gasteiger partial charge is 0.347 e. The summed E-state index contributed by atoms with van der Waals surface area (Å²) in [6.45, 7) is -0.300. The number of aldehydes is 1. The van der Waals surface area contributed by atoms with Gasteiger partial charge >= 0.3 is 5.97 Å². The molecule has 0 saturated heterocycles. The molecule has 3 aromatic rings. The van der Waals surface area contributed by atoms with Crippen LogP contribution in [0.5, 0.6) is 0 Å². The van der Waals surface area contributed by atoms with Crippen LogP contribution in [0.4, 0.5) is 5.82 Å². The fraction of sp³-hybridized carbons (Fsp3) is 0.105. The second kappa shape index (κ2) is 8.05. The number of nitrogens with two attached hydrogens (primary N) is 1. The molecule has 0 radical (unpaired) electrons. The minimum Gasteiger partial charge on any atom is -0.457 e. The highest BCUT2D eigenvalue weighted by molar-refractivity contribution is 5.94. The quantitative estimate of drug-likeness (QED) is 0.519. The molecule has 1 aromatic carbocycles. The molecule has 2 N–H and O–H groups in total. The van der Waals surface area contributed by atoms with Gasteiger partial charge in [-0.1, -0.05) is 30.3 Å². The monoisotopic (exact) mass is 364 g/mol. The third kappa shape index (κ3) is 3.90. The highest BCUT2D eigenvalue weighted by atomic mass is 16.5. The van der Waals surface area contributed by atoms with Gasteiger partial charge in [-0.3, -0.25) is 14.3 Å². The minimum absolute atomic E-state index is 0.0173. The lowest BCUT2D eigenvalue weighted by Gasteiger charge is -2.13. The van der Waals surface area contributed by atoms with Gasteiger partial charge in [0.25, 0.3) is 5.56 Å². The molecule has 0 aliphatic heterocycles. The lowest BCUT2D eigenvalue weighted by atomic mass is 10.2. The van der Waals surface area contributed by atoms with Crippen LogP contribution in [0.1, 0.15) is 15.9 Å². The van der Waals surface area contributed by atoms with Gasteiger partial charge in [-0.15, -0.1) is 0 Å². The largest absolute Gasteiger partial charge is 0.457 e. The Kier molecular flexibility index (Phi) is 5.36. The molecule has 3 rings (SSSR count). The summed E-state index contributed by atoms with van der Waals surface area (Å²) in [6.07, 6.45) is 3.58. The summed E-state index contributed by atoms with van der Waals surface area (Å²) in [6, 6.07) is 12.3. The zero-order valence-corrected chi connectivity index (χ0v) is 14.2. The maximum atomic E-state index is 12.8. The highest BCUT2D eigenvalue weighted by Gasteiger charge is 2.23. The zero-order chi connectivity index (χ0) is 19.2. The Morgan fingerprint density at radius 3 is 2.63 bits per heavy atom. The summed E-state index contributed by atoms with van der Waals surface area (Å²) in [4.78, 5) is 44.3. The van der Waals surface area contributed by atoms with Gasteiger partial charge in [-0.05, 0) is 17.7 Å². The van der Waals surface area contributed by atoms with Crippen LogP contribution < -0.4 is 11.3 Å². The summed E-state index contributed by atoms with van der Waals surface area (Å²) in [7, 11) is 0. The van der Waals surface area contributed by atoms with Gasteiger partial charge in [0.2, 0.25) is 0 Å². The molecule has 0 atom stereocenters. The van der Waals surface area contributed by atoms with Crippen LogP contribution in [0.15, 0.2) is 59.7 Å². The van der Waals surface area contributed by atoms with Crippen molar-refractivity contribution in [2.24, 2.45) is 0 Å². The summed E-state index contributed by atoms with van der Waals surface area (Å²) < 4.78 is 6.25. The van der Waals surface area contributed by atoms with Gasteiger partial charge in [0.05, 0.1) is 6.54 Å². The van der Waals surface area contributed by atoms with Gasteiger partial charge in [0.15, 0.2) is 5.56 Å². The summed E-state index contributed by atoms with van der Waals surface area (Å²) in [5.74, 6) is -1.01. The van der Waals surface area contributed by atoms with E-state index in [0.29, 0.717) is 11.8 Å². The average Bonchev–Trinajstić information content (AvgIpc) is 2.70. The van der Waals surface area contributed by atoms with Gasteiger partial charge in [0.1, 0.15) is 24.5 Å². The number of rotatable bonds is 6. The van der Waals surface area contributed by atoms with E-state index in [0.717, 1.165) is 10.1 Å². The Morgan fingerprint density at radius 1 is 1.19 bits per heavy atom. The predicted octanol–water partition coefficient (Wildman–Crippen LogP) is 1.44. The SMILES string of the molecule is Nc1nc(-c2cccnc2)n(CC=O)c(=O)c1C(=O)OCc1ccccc1. The normalized spacial score (nSPS) is 10.4. The molecule has 0 fully saturated rings. The van der Waals surface area contributed by atoms with Crippen LogP contribution in [0.3, 0.4) is 0 Å². The minimum atomic E-state index is -0.897. The molecule has 2 heterocycles. The molecule has 27 heavy (non-hydrogen) atoms. The summed E-state index contributed by atoms with van der Waals surface area (Å²) >= 11 is 0. The lowest BCUT2D eigenvalue weighted by molar-refractivity contribution is -0.108. The van der Waals surface area contributed by atoms with Crippen LogP contribution in [0.25, 0.3) is 11.4 Å². The van der Waals surface area contributed by atoms with Crippen molar-refractivity contribution in [3.05, 3.63) is 76.3 Å². The zero-order valence-electron chi connectivity index (χ0n) is 14.2. The molecule has 0 amide bonds. The number of hydrogen-bond acceptors (Lipinski definition) is 7. The molecule has 136 valence electrons. The van der Waals surface area contributed by atoms with E-state index in [2.05, 4.69) is 9.97 Å². The predicted molar refractivity (Wildman–Crippen MR) is 97.8 cm³/mol. The summed E-state index contributed by atoms with van der Waals surface area (Å²) in [5.41, 5.74) is 5.97. The third-order valence-electron chi connectivity index (χ3n) is 3.79. The molecule has 0 bridgehead atoms. The standard InChI is InChI=1S/C19H16N4O4/c20-16-15(19(26)27-12-13-5-2-1-3-6-13)18(25)23(9-10-24)17(22-16)14-7-4-8-21-11-14/h1-8,10-11H,9,12,20H2. The fourth-order valence-electron chi connectivity index (χ4n) is 2.52. The first-order valence-electron chi connectivity index (χ1n) is 8.07. The molecule has 8 nitrogen and oxygen atoms in total. The average molecular weight is 364 g/mol.